The Hall–Kier alpha value is -4.82. The van der Waals surface area contributed by atoms with Gasteiger partial charge in [-0.2, -0.15) is 0 Å². The van der Waals surface area contributed by atoms with E-state index in [0.717, 1.165) is 0 Å². The standard InChI is InChI=1S/2C19H25N3O4/c2*1-4-6-12-7-8-14-17-16(18(25)20-5-2)13(10-23)15(22(17)11(3)24)9-21(14)19(12)26/h2*4,6-8,13,15-17,23H,5,9-10H2,1-3H3,(H,20,25)/b6-4+;6-4-/t2*13-,15-,16+,17+/m00/s1. The van der Waals surface area contributed by atoms with Crippen LogP contribution in [0.4, 0.5) is 0 Å². The fourth-order valence-electron chi connectivity index (χ4n) is 8.91. The first-order valence-corrected chi connectivity index (χ1v) is 18.0. The number of nitrogens with one attached hydrogen (secondary N) is 2. The summed E-state index contributed by atoms with van der Waals surface area (Å²) in [7, 11) is 0. The summed E-state index contributed by atoms with van der Waals surface area (Å²) in [6.07, 6.45) is 7.10. The van der Waals surface area contributed by atoms with E-state index >= 15 is 0 Å². The number of rotatable bonds is 8. The van der Waals surface area contributed by atoms with Crippen molar-refractivity contribution in [1.29, 1.82) is 0 Å². The van der Waals surface area contributed by atoms with Gasteiger partial charge in [0.15, 0.2) is 0 Å². The van der Waals surface area contributed by atoms with Crippen LogP contribution in [0.15, 0.2) is 46.0 Å². The monoisotopic (exact) mass is 718 g/mol. The first-order chi connectivity index (χ1) is 24.9. The molecule has 4 bridgehead atoms. The molecule has 2 aromatic heterocycles. The highest BCUT2D eigenvalue weighted by molar-refractivity contribution is 5.84. The summed E-state index contributed by atoms with van der Waals surface area (Å²) in [4.78, 5) is 79.1. The zero-order valence-electron chi connectivity index (χ0n) is 30.6. The minimum atomic E-state index is -0.574. The Morgan fingerprint density at radius 2 is 1.06 bits per heavy atom. The number of fused-ring (bicyclic) bond motifs is 8. The zero-order chi connectivity index (χ0) is 38.0. The largest absolute Gasteiger partial charge is 0.396 e. The highest BCUT2D eigenvalue weighted by atomic mass is 16.3. The van der Waals surface area contributed by atoms with Crippen LogP contribution in [0.3, 0.4) is 0 Å². The molecule has 6 rings (SSSR count). The molecule has 52 heavy (non-hydrogen) atoms. The van der Waals surface area contributed by atoms with E-state index in [2.05, 4.69) is 10.6 Å². The first-order valence-electron chi connectivity index (χ1n) is 18.0. The summed E-state index contributed by atoms with van der Waals surface area (Å²) in [6.45, 7) is 11.4. The summed E-state index contributed by atoms with van der Waals surface area (Å²) in [5.41, 5.74) is 2.19. The summed E-state index contributed by atoms with van der Waals surface area (Å²) >= 11 is 0. The van der Waals surface area contributed by atoms with E-state index in [1.165, 1.54) is 13.8 Å². The quantitative estimate of drug-likeness (QED) is 0.313. The van der Waals surface area contributed by atoms with Crippen molar-refractivity contribution in [3.05, 3.63) is 79.6 Å². The molecule has 2 aromatic rings. The molecule has 0 radical (unpaired) electrons. The number of hydrogen-bond acceptors (Lipinski definition) is 8. The normalized spacial score (nSPS) is 26.8. The van der Waals surface area contributed by atoms with Crippen molar-refractivity contribution in [2.24, 2.45) is 23.7 Å². The Kier molecular flexibility index (Phi) is 11.7. The molecule has 280 valence electrons. The van der Waals surface area contributed by atoms with Crippen LogP contribution >= 0.6 is 0 Å². The highest BCUT2D eigenvalue weighted by Gasteiger charge is 2.58. The van der Waals surface area contributed by atoms with E-state index in [9.17, 15) is 39.0 Å². The van der Waals surface area contributed by atoms with Gasteiger partial charge in [0.2, 0.25) is 23.6 Å². The van der Waals surface area contributed by atoms with Crippen LogP contribution in [-0.4, -0.2) is 91.2 Å². The van der Waals surface area contributed by atoms with Gasteiger partial charge in [-0.15, -0.1) is 0 Å². The van der Waals surface area contributed by atoms with Crippen molar-refractivity contribution in [2.75, 3.05) is 26.3 Å². The van der Waals surface area contributed by atoms with E-state index in [0.29, 0.717) is 35.6 Å². The van der Waals surface area contributed by atoms with E-state index in [1.807, 2.05) is 39.8 Å². The molecule has 4 amide bonds. The van der Waals surface area contributed by atoms with Crippen LogP contribution in [0.2, 0.25) is 0 Å². The number of nitrogens with zero attached hydrogens (tertiary/aromatic N) is 4. The predicted molar refractivity (Wildman–Crippen MR) is 194 cm³/mol. The Morgan fingerprint density at radius 1 is 0.692 bits per heavy atom. The van der Waals surface area contributed by atoms with Crippen molar-refractivity contribution >= 4 is 35.8 Å². The van der Waals surface area contributed by atoms with Gasteiger partial charge in [-0.25, -0.2) is 0 Å². The Bertz CT molecular complexity index is 1760. The molecular formula is C38H50N6O8. The number of aliphatic hydroxyl groups is 2. The molecule has 6 heterocycles. The van der Waals surface area contributed by atoms with Gasteiger partial charge in [0.05, 0.1) is 36.0 Å². The van der Waals surface area contributed by atoms with Crippen molar-refractivity contribution in [2.45, 2.75) is 78.8 Å². The number of allylic oxidation sites excluding steroid dienone is 2. The van der Waals surface area contributed by atoms with Crippen molar-refractivity contribution in [1.82, 2.24) is 29.6 Å². The summed E-state index contributed by atoms with van der Waals surface area (Å²) in [5.74, 6) is -2.64. The number of carbonyl (C=O) groups excluding carboxylic acids is 4. The SMILES string of the molecule is C/C=C/c1ccc2n(c1=O)C[C@H]1[C@H](CO)[C@@H](C(=O)NCC)[C@@H]2N1C(C)=O.C/C=C\c1ccc2n(c1=O)C[C@H]1[C@H](CO)[C@@H](C(=O)NCC)[C@@H]2N1C(C)=O. The molecule has 4 aliphatic heterocycles. The minimum absolute atomic E-state index is 0.132. The minimum Gasteiger partial charge on any atom is -0.396 e. The summed E-state index contributed by atoms with van der Waals surface area (Å²) in [5, 5.41) is 25.6. The molecule has 2 fully saturated rings. The van der Waals surface area contributed by atoms with Gasteiger partial charge >= 0.3 is 0 Å². The van der Waals surface area contributed by atoms with Crippen LogP contribution in [-0.2, 0) is 32.3 Å². The number of amides is 4. The molecule has 0 spiro atoms. The maximum atomic E-state index is 12.8. The number of pyridine rings is 2. The maximum absolute atomic E-state index is 12.8. The van der Waals surface area contributed by atoms with Gasteiger partial charge in [0.1, 0.15) is 0 Å². The predicted octanol–water partition coefficient (Wildman–Crippen LogP) is 1.06. The van der Waals surface area contributed by atoms with Gasteiger partial charge in [-0.1, -0.05) is 24.3 Å². The molecule has 0 unspecified atom stereocenters. The lowest BCUT2D eigenvalue weighted by Crippen LogP contribution is -2.48. The average molecular weight is 719 g/mol. The van der Waals surface area contributed by atoms with Gasteiger partial charge in [0.25, 0.3) is 11.1 Å². The smallest absolute Gasteiger partial charge is 0.258 e. The molecule has 4 aliphatic rings. The second-order valence-corrected chi connectivity index (χ2v) is 13.7. The van der Waals surface area contributed by atoms with Crippen molar-refractivity contribution in [3.63, 3.8) is 0 Å². The van der Waals surface area contributed by atoms with Crippen molar-refractivity contribution in [3.8, 4) is 0 Å². The second kappa shape index (κ2) is 15.8. The highest BCUT2D eigenvalue weighted by Crippen LogP contribution is 2.49. The first kappa shape index (κ1) is 38.4. The molecule has 4 N–H and O–H groups in total. The Labute approximate surface area is 302 Å². The fraction of sp³-hybridized carbons (Fsp3) is 0.526. The topological polar surface area (TPSA) is 183 Å². The third-order valence-electron chi connectivity index (χ3n) is 10.9. The third kappa shape index (κ3) is 6.42. The molecule has 14 heteroatoms. The number of aromatic nitrogens is 2. The van der Waals surface area contributed by atoms with Crippen molar-refractivity contribution < 1.29 is 29.4 Å². The number of carbonyl (C=O) groups is 4. The molecule has 8 atom stereocenters. The second-order valence-electron chi connectivity index (χ2n) is 13.7. The van der Waals surface area contributed by atoms with Crippen LogP contribution in [0, 0.1) is 23.7 Å². The van der Waals surface area contributed by atoms with Crippen LogP contribution in [0.25, 0.3) is 12.2 Å². The third-order valence-corrected chi connectivity index (χ3v) is 10.9. The molecule has 2 saturated heterocycles. The fourth-order valence-corrected chi connectivity index (χ4v) is 8.91. The van der Waals surface area contributed by atoms with Gasteiger partial charge in [-0.05, 0) is 52.0 Å². The molecule has 14 nitrogen and oxygen atoms in total. The zero-order valence-corrected chi connectivity index (χ0v) is 30.6. The van der Waals surface area contributed by atoms with Crippen LogP contribution in [0.1, 0.15) is 76.1 Å². The van der Waals surface area contributed by atoms with Crippen LogP contribution in [0.5, 0.6) is 0 Å². The number of aliphatic hydroxyl groups excluding tert-OH is 2. The number of hydrogen-bond donors (Lipinski definition) is 4. The Balaban J connectivity index is 0.000000201. The lowest BCUT2D eigenvalue weighted by molar-refractivity contribution is -0.136. The van der Waals surface area contributed by atoms with E-state index in [-0.39, 0.29) is 73.1 Å². The molecule has 0 saturated carbocycles. The van der Waals surface area contributed by atoms with E-state index in [1.54, 1.807) is 55.4 Å². The molecule has 0 aromatic carbocycles. The molecule has 0 aliphatic carbocycles. The summed E-state index contributed by atoms with van der Waals surface area (Å²) < 4.78 is 3.32. The molecular weight excluding hydrogens is 668 g/mol. The Morgan fingerprint density at radius 3 is 1.35 bits per heavy atom. The van der Waals surface area contributed by atoms with E-state index < -0.39 is 35.8 Å². The lowest BCUT2D eigenvalue weighted by atomic mass is 9.86. The van der Waals surface area contributed by atoms with Crippen LogP contribution < -0.4 is 21.8 Å². The summed E-state index contributed by atoms with van der Waals surface area (Å²) in [6, 6.07) is 5.27. The average Bonchev–Trinajstić information content (AvgIpc) is 3.51. The maximum Gasteiger partial charge on any atom is 0.258 e. The van der Waals surface area contributed by atoms with Gasteiger partial charge < -0.3 is 39.8 Å². The lowest BCUT2D eigenvalue weighted by Gasteiger charge is -2.37. The van der Waals surface area contributed by atoms with Gasteiger partial charge in [0, 0.05) is 87.6 Å². The van der Waals surface area contributed by atoms with Gasteiger partial charge in [-0.3, -0.25) is 28.8 Å². The van der Waals surface area contributed by atoms with E-state index in [4.69, 9.17) is 0 Å².